The summed E-state index contributed by atoms with van der Waals surface area (Å²) < 4.78 is 0. The Bertz CT molecular complexity index is 1180. The van der Waals surface area contributed by atoms with Crippen molar-refractivity contribution in [2.24, 2.45) is 0 Å². The average Bonchev–Trinajstić information content (AvgIpc) is 3.24. The summed E-state index contributed by atoms with van der Waals surface area (Å²) in [6, 6.07) is 27.3. The minimum atomic E-state index is -0.879. The molecule has 39 heavy (non-hydrogen) atoms. The van der Waals surface area contributed by atoms with Crippen molar-refractivity contribution < 1.29 is 51.4 Å². The Kier molecular flexibility index (Phi) is 15.0. The number of aromatic carboxylic acids is 3. The zero-order chi connectivity index (χ0) is 27.9. The van der Waals surface area contributed by atoms with E-state index >= 15 is 0 Å². The second-order valence-corrected chi connectivity index (χ2v) is 8.68. The van der Waals surface area contributed by atoms with Gasteiger partial charge >= 0.3 is 17.9 Å². The van der Waals surface area contributed by atoms with Crippen molar-refractivity contribution in [1.29, 1.82) is 0 Å². The first-order valence-electron chi connectivity index (χ1n) is 12.3. The molecule has 0 atom stereocenters. The van der Waals surface area contributed by atoms with E-state index in [1.54, 1.807) is 108 Å². The van der Waals surface area contributed by atoms with Crippen molar-refractivity contribution in [2.45, 2.75) is 39.5 Å². The number of fused-ring (bicyclic) bond motifs is 1. The number of hydrogen-bond acceptors (Lipinski definition) is 3. The van der Waals surface area contributed by atoms with Crippen molar-refractivity contribution in [3.63, 3.8) is 0 Å². The molecule has 0 amide bonds. The first-order valence-corrected chi connectivity index (χ1v) is 12.3. The smallest absolute Gasteiger partial charge is 0.335 e. The van der Waals surface area contributed by atoms with Gasteiger partial charge in [0.05, 0.1) is 16.7 Å². The molecule has 0 fully saturated rings. The topological polar surface area (TPSA) is 112 Å². The van der Waals surface area contributed by atoms with Gasteiger partial charge in [-0.05, 0) is 36.4 Å². The third kappa shape index (κ3) is 11.6. The van der Waals surface area contributed by atoms with Crippen LogP contribution >= 0.6 is 0 Å². The van der Waals surface area contributed by atoms with E-state index in [4.69, 9.17) is 15.3 Å². The summed E-state index contributed by atoms with van der Waals surface area (Å²) in [6.45, 7) is 4.49. The molecule has 0 saturated heterocycles. The summed E-state index contributed by atoms with van der Waals surface area (Å²) >= 11 is 0. The number of aryl methyl sites for hydroxylation is 2. The van der Waals surface area contributed by atoms with Crippen LogP contribution in [0, 0.1) is 13.8 Å². The molecular weight excluding hydrogens is 528 g/mol. The van der Waals surface area contributed by atoms with Crippen molar-refractivity contribution in [1.82, 2.24) is 0 Å². The second kappa shape index (κ2) is 17.6. The maximum Gasteiger partial charge on any atom is 0.335 e. The van der Waals surface area contributed by atoms with Crippen LogP contribution in [0.4, 0.5) is 0 Å². The molecule has 0 saturated carbocycles. The molecule has 4 aromatic rings. The Morgan fingerprint density at radius 1 is 0.615 bits per heavy atom. The van der Waals surface area contributed by atoms with Gasteiger partial charge in [0.25, 0.3) is 0 Å². The fourth-order valence-electron chi connectivity index (χ4n) is 3.87. The molecule has 1 aliphatic rings. The molecule has 0 bridgehead atoms. The van der Waals surface area contributed by atoms with Crippen molar-refractivity contribution in [3.05, 3.63) is 136 Å². The average molecular weight is 561 g/mol. The van der Waals surface area contributed by atoms with Crippen molar-refractivity contribution in [3.8, 4) is 0 Å². The molecule has 6 nitrogen and oxygen atoms in total. The van der Waals surface area contributed by atoms with Gasteiger partial charge in [-0.1, -0.05) is 94.1 Å². The molecule has 7 heteroatoms. The van der Waals surface area contributed by atoms with Gasteiger partial charge in [0.1, 0.15) is 0 Å². The third-order valence-electron chi connectivity index (χ3n) is 6.01. The third-order valence-corrected chi connectivity index (χ3v) is 6.01. The van der Waals surface area contributed by atoms with E-state index in [9.17, 15) is 14.4 Å². The van der Waals surface area contributed by atoms with Crippen LogP contribution in [0.5, 0.6) is 0 Å². The number of hydrogen-bond donors (Lipinski definition) is 3. The number of carboxylic acid groups (broad SMARTS) is 3. The standard InChI is InChI=1S/C11H15.3C7H6O2.Ti/c1-8-7-10-5-3-4-6-11(10)9(8)2;3*8-7(9)6-4-2-1-3-5-6;/h7H,3-6H2,1-2H3;3*1-5H,(H,8,9);/q-1;;;;. The molecule has 5 rings (SSSR count). The Labute approximate surface area is 244 Å². The number of rotatable bonds is 3. The van der Waals surface area contributed by atoms with Crippen LogP contribution in [0.1, 0.15) is 66.2 Å². The molecule has 0 aromatic heterocycles. The van der Waals surface area contributed by atoms with Gasteiger partial charge < -0.3 is 15.3 Å². The van der Waals surface area contributed by atoms with Crippen LogP contribution < -0.4 is 0 Å². The molecule has 0 aliphatic heterocycles. The Morgan fingerprint density at radius 3 is 1.23 bits per heavy atom. The van der Waals surface area contributed by atoms with E-state index in [0.717, 1.165) is 0 Å². The van der Waals surface area contributed by atoms with E-state index in [1.807, 2.05) is 0 Å². The SMILES string of the molecule is Cc1cc2c([c-]1C)CCCC2.O=C(O)c1ccccc1.O=C(O)c1ccccc1.O=C(O)c1ccccc1.[Ti]. The maximum atomic E-state index is 10.2. The Hall–Kier alpha value is -3.87. The van der Waals surface area contributed by atoms with Gasteiger partial charge in [-0.2, -0.15) is 22.3 Å². The zero-order valence-electron chi connectivity index (χ0n) is 22.1. The van der Waals surface area contributed by atoms with E-state index in [1.165, 1.54) is 31.2 Å². The summed E-state index contributed by atoms with van der Waals surface area (Å²) in [5.41, 5.74) is 7.34. The van der Waals surface area contributed by atoms with Crippen LogP contribution in [0.3, 0.4) is 0 Å². The molecule has 3 N–H and O–H groups in total. The molecule has 202 valence electrons. The summed E-state index contributed by atoms with van der Waals surface area (Å²) in [5, 5.41) is 25.2. The van der Waals surface area contributed by atoms with Crippen LogP contribution in [0.2, 0.25) is 0 Å². The van der Waals surface area contributed by atoms with Gasteiger partial charge in [0.15, 0.2) is 0 Å². The minimum Gasteiger partial charge on any atom is -0.478 e. The van der Waals surface area contributed by atoms with E-state index in [2.05, 4.69) is 19.9 Å². The minimum absolute atomic E-state index is 0. The second-order valence-electron chi connectivity index (χ2n) is 8.68. The first-order chi connectivity index (χ1) is 18.2. The number of carboxylic acids is 3. The van der Waals surface area contributed by atoms with E-state index in [-0.39, 0.29) is 21.7 Å². The monoisotopic (exact) mass is 561 g/mol. The van der Waals surface area contributed by atoms with Crippen molar-refractivity contribution >= 4 is 17.9 Å². The van der Waals surface area contributed by atoms with Gasteiger partial charge in [-0.25, -0.2) is 20.4 Å². The van der Waals surface area contributed by atoms with Crippen LogP contribution in [-0.2, 0) is 34.6 Å². The fourth-order valence-corrected chi connectivity index (χ4v) is 3.87. The normalized spacial score (nSPS) is 10.8. The summed E-state index contributed by atoms with van der Waals surface area (Å²) in [4.78, 5) is 30.6. The predicted molar refractivity (Wildman–Crippen MR) is 148 cm³/mol. The van der Waals surface area contributed by atoms with Crippen LogP contribution in [0.25, 0.3) is 0 Å². The van der Waals surface area contributed by atoms with Crippen LogP contribution in [-0.4, -0.2) is 33.2 Å². The first kappa shape index (κ1) is 33.2. The fraction of sp³-hybridized carbons (Fsp3) is 0.188. The van der Waals surface area contributed by atoms with Gasteiger partial charge in [-0.15, -0.1) is 0 Å². The molecule has 0 heterocycles. The zero-order valence-corrected chi connectivity index (χ0v) is 23.7. The number of carbonyl (C=O) groups is 3. The Morgan fingerprint density at radius 2 is 0.949 bits per heavy atom. The summed E-state index contributed by atoms with van der Waals surface area (Å²) in [7, 11) is 0. The number of benzene rings is 3. The maximum absolute atomic E-state index is 10.2. The van der Waals surface area contributed by atoms with Gasteiger partial charge in [-0.3, -0.25) is 0 Å². The molecule has 0 spiro atoms. The van der Waals surface area contributed by atoms with Crippen LogP contribution in [0.15, 0.2) is 97.1 Å². The molecular formula is C32H33O6Ti-. The van der Waals surface area contributed by atoms with E-state index < -0.39 is 17.9 Å². The predicted octanol–water partition coefficient (Wildman–Crippen LogP) is 7.05. The summed E-state index contributed by atoms with van der Waals surface area (Å²) in [5.74, 6) is -2.64. The molecule has 4 aromatic carbocycles. The molecule has 1 aliphatic carbocycles. The quantitative estimate of drug-likeness (QED) is 0.183. The van der Waals surface area contributed by atoms with Crippen molar-refractivity contribution in [2.75, 3.05) is 0 Å². The molecule has 0 radical (unpaired) electrons. The molecule has 0 unspecified atom stereocenters. The largest absolute Gasteiger partial charge is 0.478 e. The van der Waals surface area contributed by atoms with Gasteiger partial charge in [0, 0.05) is 21.7 Å². The van der Waals surface area contributed by atoms with Gasteiger partial charge in [0.2, 0.25) is 0 Å². The summed E-state index contributed by atoms with van der Waals surface area (Å²) in [6.07, 6.45) is 5.45. The van der Waals surface area contributed by atoms with E-state index in [0.29, 0.717) is 16.7 Å². The Balaban J connectivity index is 0.000000259.